The van der Waals surface area contributed by atoms with Crippen LogP contribution in [0.3, 0.4) is 0 Å². The standard InChI is InChI=1S/C21H32O3/c1-2-3-4-7-16(22)9-10-17-18-11-14-6-5-8-20(23)19(14)12-15(18)13-21(17)24/h5-6,8,15-18,21-24H,2-4,7,9-13H2,1H3/t15?,16-,17?,18+,21-/m1/s1. The number of aromatic hydroxyl groups is 1. The highest BCUT2D eigenvalue weighted by molar-refractivity contribution is 5.42. The lowest BCUT2D eigenvalue weighted by Crippen LogP contribution is -2.27. The smallest absolute Gasteiger partial charge is 0.119 e. The van der Waals surface area contributed by atoms with E-state index in [1.165, 1.54) is 18.4 Å². The van der Waals surface area contributed by atoms with Crippen LogP contribution in [0.2, 0.25) is 0 Å². The van der Waals surface area contributed by atoms with Gasteiger partial charge in [-0.25, -0.2) is 0 Å². The summed E-state index contributed by atoms with van der Waals surface area (Å²) in [6, 6.07) is 5.81. The number of phenols is 1. The van der Waals surface area contributed by atoms with E-state index in [9.17, 15) is 15.3 Å². The highest BCUT2D eigenvalue weighted by Crippen LogP contribution is 2.48. The van der Waals surface area contributed by atoms with Crippen molar-refractivity contribution in [2.75, 3.05) is 0 Å². The molecule has 0 amide bonds. The normalized spacial score (nSPS) is 30.0. The van der Waals surface area contributed by atoms with Gasteiger partial charge < -0.3 is 15.3 Å². The van der Waals surface area contributed by atoms with Gasteiger partial charge >= 0.3 is 0 Å². The summed E-state index contributed by atoms with van der Waals surface area (Å²) < 4.78 is 0. The Balaban J connectivity index is 1.59. The molecule has 2 aliphatic rings. The molecule has 0 radical (unpaired) electrons. The Labute approximate surface area is 145 Å². The molecule has 1 saturated carbocycles. The van der Waals surface area contributed by atoms with Crippen molar-refractivity contribution in [2.24, 2.45) is 17.8 Å². The monoisotopic (exact) mass is 332 g/mol. The van der Waals surface area contributed by atoms with Crippen molar-refractivity contribution in [3.8, 4) is 5.75 Å². The van der Waals surface area contributed by atoms with Gasteiger partial charge in [-0.15, -0.1) is 0 Å². The summed E-state index contributed by atoms with van der Waals surface area (Å²) in [6.45, 7) is 2.18. The Hall–Kier alpha value is -1.06. The number of phenolic OH excluding ortho intramolecular Hbond substituents is 1. The van der Waals surface area contributed by atoms with Crippen LogP contribution >= 0.6 is 0 Å². The first-order valence-electron chi connectivity index (χ1n) is 9.76. The van der Waals surface area contributed by atoms with Crippen LogP contribution in [0.4, 0.5) is 0 Å². The minimum Gasteiger partial charge on any atom is -0.508 e. The maximum absolute atomic E-state index is 10.6. The van der Waals surface area contributed by atoms with Crippen LogP contribution in [0.1, 0.15) is 63.0 Å². The molecule has 3 rings (SSSR count). The average Bonchev–Trinajstić information content (AvgIpc) is 2.86. The maximum Gasteiger partial charge on any atom is 0.119 e. The molecule has 1 aromatic carbocycles. The highest BCUT2D eigenvalue weighted by atomic mass is 16.3. The minimum atomic E-state index is -0.251. The number of rotatable bonds is 7. The van der Waals surface area contributed by atoms with Crippen molar-refractivity contribution >= 4 is 0 Å². The highest BCUT2D eigenvalue weighted by Gasteiger charge is 2.44. The molecule has 2 unspecified atom stereocenters. The van der Waals surface area contributed by atoms with Crippen LogP contribution in [0.25, 0.3) is 0 Å². The van der Waals surface area contributed by atoms with E-state index in [0.717, 1.165) is 50.5 Å². The molecule has 24 heavy (non-hydrogen) atoms. The van der Waals surface area contributed by atoms with Gasteiger partial charge in [0.2, 0.25) is 0 Å². The number of aliphatic hydroxyl groups is 2. The molecule has 0 aliphatic heterocycles. The first-order valence-corrected chi connectivity index (χ1v) is 9.76. The van der Waals surface area contributed by atoms with Gasteiger partial charge in [0.05, 0.1) is 12.2 Å². The van der Waals surface area contributed by atoms with Gasteiger partial charge in [0.1, 0.15) is 5.75 Å². The molecule has 0 saturated heterocycles. The summed E-state index contributed by atoms with van der Waals surface area (Å²) >= 11 is 0. The molecule has 0 spiro atoms. The lowest BCUT2D eigenvalue weighted by molar-refractivity contribution is 0.0869. The summed E-state index contributed by atoms with van der Waals surface area (Å²) in [4.78, 5) is 0. The number of hydrogen-bond donors (Lipinski definition) is 3. The number of benzene rings is 1. The zero-order valence-corrected chi connectivity index (χ0v) is 14.8. The Morgan fingerprint density at radius 1 is 1.17 bits per heavy atom. The fourth-order valence-electron chi connectivity index (χ4n) is 4.98. The second-order valence-electron chi connectivity index (χ2n) is 7.94. The minimum absolute atomic E-state index is 0.220. The van der Waals surface area contributed by atoms with Crippen LogP contribution in [0.15, 0.2) is 18.2 Å². The zero-order chi connectivity index (χ0) is 17.1. The third kappa shape index (κ3) is 3.78. The second kappa shape index (κ2) is 7.88. The van der Waals surface area contributed by atoms with Crippen LogP contribution in [0, 0.1) is 17.8 Å². The summed E-state index contributed by atoms with van der Waals surface area (Å²) in [7, 11) is 0. The molecule has 1 aromatic rings. The second-order valence-corrected chi connectivity index (χ2v) is 7.94. The van der Waals surface area contributed by atoms with Gasteiger partial charge in [-0.05, 0) is 73.5 Å². The predicted molar refractivity (Wildman–Crippen MR) is 96.0 cm³/mol. The van der Waals surface area contributed by atoms with Crippen LogP contribution in [0.5, 0.6) is 5.75 Å². The lowest BCUT2D eigenvalue weighted by Gasteiger charge is -2.32. The fourth-order valence-corrected chi connectivity index (χ4v) is 4.98. The average molecular weight is 332 g/mol. The summed E-state index contributed by atoms with van der Waals surface area (Å²) in [5.74, 6) is 1.68. The zero-order valence-electron chi connectivity index (χ0n) is 14.8. The Kier molecular flexibility index (Phi) is 5.83. The van der Waals surface area contributed by atoms with Gasteiger partial charge in [0.25, 0.3) is 0 Å². The van der Waals surface area contributed by atoms with Crippen LogP contribution < -0.4 is 0 Å². The van der Waals surface area contributed by atoms with Crippen molar-refractivity contribution in [2.45, 2.75) is 76.9 Å². The van der Waals surface area contributed by atoms with E-state index < -0.39 is 0 Å². The lowest BCUT2D eigenvalue weighted by atomic mass is 9.73. The molecule has 5 atom stereocenters. The van der Waals surface area contributed by atoms with E-state index in [4.69, 9.17) is 0 Å². The number of hydrogen-bond acceptors (Lipinski definition) is 3. The van der Waals surface area contributed by atoms with E-state index >= 15 is 0 Å². The topological polar surface area (TPSA) is 60.7 Å². The maximum atomic E-state index is 10.6. The fraction of sp³-hybridized carbons (Fsp3) is 0.714. The molecule has 3 nitrogen and oxygen atoms in total. The van der Waals surface area contributed by atoms with Crippen molar-refractivity contribution < 1.29 is 15.3 Å². The first-order chi connectivity index (χ1) is 11.6. The van der Waals surface area contributed by atoms with Crippen molar-refractivity contribution in [1.82, 2.24) is 0 Å². The molecule has 0 aromatic heterocycles. The molecule has 134 valence electrons. The summed E-state index contributed by atoms with van der Waals surface area (Å²) in [5.41, 5.74) is 2.34. The molecule has 0 heterocycles. The molecule has 3 N–H and O–H groups in total. The number of aliphatic hydroxyl groups excluding tert-OH is 2. The van der Waals surface area contributed by atoms with Crippen molar-refractivity contribution in [3.63, 3.8) is 0 Å². The van der Waals surface area contributed by atoms with E-state index in [1.807, 2.05) is 6.07 Å². The van der Waals surface area contributed by atoms with E-state index in [1.54, 1.807) is 6.07 Å². The van der Waals surface area contributed by atoms with Gasteiger partial charge in [0.15, 0.2) is 0 Å². The van der Waals surface area contributed by atoms with E-state index in [-0.39, 0.29) is 12.2 Å². The molecule has 0 bridgehead atoms. The largest absolute Gasteiger partial charge is 0.508 e. The third-order valence-corrected chi connectivity index (χ3v) is 6.34. The molecular weight excluding hydrogens is 300 g/mol. The van der Waals surface area contributed by atoms with Gasteiger partial charge in [-0.1, -0.05) is 38.3 Å². The third-order valence-electron chi connectivity index (χ3n) is 6.34. The first kappa shape index (κ1) is 17.8. The van der Waals surface area contributed by atoms with E-state index in [0.29, 0.717) is 23.5 Å². The SMILES string of the molecule is CCCCC[C@@H](O)CCC1[C@H]2Cc3cccc(O)c3CC2C[C@H]1O. The summed E-state index contributed by atoms with van der Waals surface area (Å²) in [5, 5.41) is 30.8. The quantitative estimate of drug-likeness (QED) is 0.665. The van der Waals surface area contributed by atoms with Gasteiger partial charge in [-0.3, -0.25) is 0 Å². The van der Waals surface area contributed by atoms with E-state index in [2.05, 4.69) is 13.0 Å². The van der Waals surface area contributed by atoms with Gasteiger partial charge in [0, 0.05) is 0 Å². The Morgan fingerprint density at radius 2 is 2.00 bits per heavy atom. The van der Waals surface area contributed by atoms with Crippen molar-refractivity contribution in [1.29, 1.82) is 0 Å². The van der Waals surface area contributed by atoms with Gasteiger partial charge in [-0.2, -0.15) is 0 Å². The van der Waals surface area contributed by atoms with Crippen molar-refractivity contribution in [3.05, 3.63) is 29.3 Å². The Morgan fingerprint density at radius 3 is 2.79 bits per heavy atom. The summed E-state index contributed by atoms with van der Waals surface area (Å²) in [6.07, 6.45) is 8.31. The molecule has 2 aliphatic carbocycles. The predicted octanol–water partition coefficient (Wildman–Crippen LogP) is 3.83. The van der Waals surface area contributed by atoms with Crippen LogP contribution in [-0.4, -0.2) is 27.5 Å². The molecular formula is C21H32O3. The molecule has 1 fully saturated rings. The number of unbranched alkanes of at least 4 members (excludes halogenated alkanes) is 2. The van der Waals surface area contributed by atoms with Crippen LogP contribution in [-0.2, 0) is 12.8 Å². The molecule has 3 heteroatoms. The Bertz CT molecular complexity index is 542. The number of fused-ring (bicyclic) bond motifs is 2.